The van der Waals surface area contributed by atoms with Crippen molar-refractivity contribution in [2.45, 2.75) is 12.6 Å². The van der Waals surface area contributed by atoms with Crippen molar-refractivity contribution in [3.8, 4) is 0 Å². The van der Waals surface area contributed by atoms with Gasteiger partial charge in [-0.15, -0.1) is 0 Å². The number of benzene rings is 2. The van der Waals surface area contributed by atoms with Crippen LogP contribution in [0.5, 0.6) is 0 Å². The highest BCUT2D eigenvalue weighted by molar-refractivity contribution is 6.50. The molecule has 1 heterocycles. The minimum absolute atomic E-state index is 0.179. The average molecular weight is 342 g/mol. The van der Waals surface area contributed by atoms with E-state index in [-0.39, 0.29) is 11.6 Å². The van der Waals surface area contributed by atoms with Crippen LogP contribution in [0.25, 0.3) is 0 Å². The lowest BCUT2D eigenvalue weighted by Gasteiger charge is -2.32. The second-order valence-corrected chi connectivity index (χ2v) is 6.23. The van der Waals surface area contributed by atoms with E-state index in [9.17, 15) is 4.79 Å². The SMILES string of the molecule is Cc1ccc(N2C(C(=O)c3ccccc3)=NOC23C=CC=CC=C3)cc1. The quantitative estimate of drug-likeness (QED) is 0.776. The summed E-state index contributed by atoms with van der Waals surface area (Å²) in [5, 5.41) is 4.17. The summed E-state index contributed by atoms with van der Waals surface area (Å²) in [6.45, 7) is 2.03. The number of Topliss-reactive ketones (excluding diaryl/α,β-unsaturated/α-hetero) is 1. The summed E-state index contributed by atoms with van der Waals surface area (Å²) >= 11 is 0. The van der Waals surface area contributed by atoms with Crippen molar-refractivity contribution < 1.29 is 9.63 Å². The van der Waals surface area contributed by atoms with Crippen molar-refractivity contribution in [3.63, 3.8) is 0 Å². The van der Waals surface area contributed by atoms with Crippen molar-refractivity contribution in [2.24, 2.45) is 5.16 Å². The van der Waals surface area contributed by atoms with Crippen LogP contribution < -0.4 is 4.90 Å². The third-order valence-electron chi connectivity index (χ3n) is 4.37. The number of ketones is 1. The van der Waals surface area contributed by atoms with Gasteiger partial charge in [0.05, 0.1) is 0 Å². The number of amidine groups is 1. The lowest BCUT2D eigenvalue weighted by atomic mass is 10.0. The highest BCUT2D eigenvalue weighted by Crippen LogP contribution is 2.35. The number of anilines is 1. The number of nitrogens with zero attached hydrogens (tertiary/aromatic N) is 2. The molecule has 1 aliphatic heterocycles. The van der Waals surface area contributed by atoms with Gasteiger partial charge in [0.2, 0.25) is 11.6 Å². The number of aryl methyl sites for hydroxylation is 1. The molecule has 128 valence electrons. The van der Waals surface area contributed by atoms with E-state index >= 15 is 0 Å². The topological polar surface area (TPSA) is 41.9 Å². The first-order chi connectivity index (χ1) is 12.7. The fourth-order valence-electron chi connectivity index (χ4n) is 3.02. The molecule has 4 rings (SSSR count). The molecule has 1 spiro atoms. The molecule has 4 heteroatoms. The Morgan fingerprint density at radius 2 is 1.58 bits per heavy atom. The normalized spacial score (nSPS) is 17.1. The summed E-state index contributed by atoms with van der Waals surface area (Å²) in [5.41, 5.74) is 1.60. The Labute approximate surface area is 152 Å². The molecule has 0 unspecified atom stereocenters. The number of hydrogen-bond acceptors (Lipinski definition) is 4. The number of carbonyl (C=O) groups excluding carboxylic acids is 1. The summed E-state index contributed by atoms with van der Waals surface area (Å²) in [7, 11) is 0. The Kier molecular flexibility index (Phi) is 4.01. The van der Waals surface area contributed by atoms with Gasteiger partial charge >= 0.3 is 0 Å². The molecule has 0 aromatic heterocycles. The first-order valence-electron chi connectivity index (χ1n) is 8.46. The third kappa shape index (κ3) is 2.75. The third-order valence-corrected chi connectivity index (χ3v) is 4.37. The van der Waals surface area contributed by atoms with Crippen LogP contribution in [0.1, 0.15) is 15.9 Å². The van der Waals surface area contributed by atoms with Crippen LogP contribution in [0.4, 0.5) is 5.69 Å². The van der Waals surface area contributed by atoms with Gasteiger partial charge in [0.15, 0.2) is 0 Å². The Morgan fingerprint density at radius 1 is 0.923 bits per heavy atom. The minimum atomic E-state index is -0.960. The molecule has 0 radical (unpaired) electrons. The Hall–Kier alpha value is -3.40. The van der Waals surface area contributed by atoms with Gasteiger partial charge in [-0.3, -0.25) is 9.69 Å². The Bertz CT molecular complexity index is 922. The standard InChI is InChI=1S/C22H18N2O2/c1-17-11-13-19(14-12-17)24-21(20(25)18-9-5-4-6-10-18)23-26-22(24)15-7-2-3-8-16-22/h2-16H,1H3. The molecule has 0 fully saturated rings. The van der Waals surface area contributed by atoms with Crippen LogP contribution in [-0.4, -0.2) is 17.3 Å². The summed E-state index contributed by atoms with van der Waals surface area (Å²) in [6.07, 6.45) is 11.4. The smallest absolute Gasteiger partial charge is 0.254 e. The lowest BCUT2D eigenvalue weighted by molar-refractivity contribution is 0.0607. The van der Waals surface area contributed by atoms with Crippen LogP contribution in [-0.2, 0) is 4.84 Å². The van der Waals surface area contributed by atoms with E-state index < -0.39 is 5.72 Å². The van der Waals surface area contributed by atoms with E-state index in [1.807, 2.05) is 90.7 Å². The zero-order chi connectivity index (χ0) is 18.0. The maximum absolute atomic E-state index is 13.1. The molecule has 0 amide bonds. The molecule has 0 saturated carbocycles. The van der Waals surface area contributed by atoms with Gasteiger partial charge in [-0.2, -0.15) is 0 Å². The van der Waals surface area contributed by atoms with Gasteiger partial charge < -0.3 is 4.84 Å². The summed E-state index contributed by atoms with van der Waals surface area (Å²) in [4.78, 5) is 20.7. The molecule has 0 atom stereocenters. The highest BCUT2D eigenvalue weighted by Gasteiger charge is 2.45. The highest BCUT2D eigenvalue weighted by atomic mass is 16.7. The number of oxime groups is 1. The van der Waals surface area contributed by atoms with Gasteiger partial charge in [0.25, 0.3) is 5.72 Å². The van der Waals surface area contributed by atoms with Crippen LogP contribution >= 0.6 is 0 Å². The maximum Gasteiger partial charge on any atom is 0.254 e. The molecule has 2 aromatic rings. The van der Waals surface area contributed by atoms with Gasteiger partial charge in [0, 0.05) is 11.3 Å². The summed E-state index contributed by atoms with van der Waals surface area (Å²) < 4.78 is 0. The molecule has 26 heavy (non-hydrogen) atoms. The van der Waals surface area contributed by atoms with Crippen LogP contribution in [0, 0.1) is 6.92 Å². The number of allylic oxidation sites excluding steroid dienone is 4. The summed E-state index contributed by atoms with van der Waals surface area (Å²) in [5.74, 6) is 0.0818. The molecule has 2 aromatic carbocycles. The van der Waals surface area contributed by atoms with E-state index in [2.05, 4.69) is 5.16 Å². The second kappa shape index (κ2) is 6.48. The minimum Gasteiger partial charge on any atom is -0.356 e. The molecule has 0 bridgehead atoms. The molecular formula is C22H18N2O2. The monoisotopic (exact) mass is 342 g/mol. The first kappa shape index (κ1) is 16.1. The first-order valence-corrected chi connectivity index (χ1v) is 8.46. The van der Waals surface area contributed by atoms with Gasteiger partial charge in [-0.25, -0.2) is 0 Å². The summed E-state index contributed by atoms with van der Waals surface area (Å²) in [6, 6.07) is 17.1. The van der Waals surface area contributed by atoms with Crippen LogP contribution in [0.2, 0.25) is 0 Å². The molecule has 0 saturated heterocycles. The number of hydrogen-bond donors (Lipinski definition) is 0. The lowest BCUT2D eigenvalue weighted by Crippen LogP contribution is -2.48. The van der Waals surface area contributed by atoms with E-state index in [1.54, 1.807) is 12.1 Å². The largest absolute Gasteiger partial charge is 0.356 e. The average Bonchev–Trinajstić information content (AvgIpc) is 2.87. The zero-order valence-corrected chi connectivity index (χ0v) is 14.4. The Balaban J connectivity index is 1.81. The predicted octanol–water partition coefficient (Wildman–Crippen LogP) is 4.41. The number of carbonyl (C=O) groups is 1. The van der Waals surface area contributed by atoms with Crippen LogP contribution in [0.15, 0.2) is 96.2 Å². The maximum atomic E-state index is 13.1. The second-order valence-electron chi connectivity index (χ2n) is 6.23. The van der Waals surface area contributed by atoms with Crippen molar-refractivity contribution >= 4 is 17.3 Å². The van der Waals surface area contributed by atoms with Crippen LogP contribution in [0.3, 0.4) is 0 Å². The molecular weight excluding hydrogens is 324 g/mol. The molecule has 2 aliphatic rings. The fraction of sp³-hybridized carbons (Fsp3) is 0.0909. The van der Waals surface area contributed by atoms with E-state index in [0.29, 0.717) is 5.56 Å². The van der Waals surface area contributed by atoms with Crippen molar-refractivity contribution in [1.29, 1.82) is 0 Å². The predicted molar refractivity (Wildman–Crippen MR) is 103 cm³/mol. The fourth-order valence-corrected chi connectivity index (χ4v) is 3.02. The van der Waals surface area contributed by atoms with Crippen molar-refractivity contribution in [1.82, 2.24) is 0 Å². The van der Waals surface area contributed by atoms with E-state index in [1.165, 1.54) is 0 Å². The van der Waals surface area contributed by atoms with Gasteiger partial charge in [-0.1, -0.05) is 77.5 Å². The van der Waals surface area contributed by atoms with E-state index in [4.69, 9.17) is 4.84 Å². The molecule has 1 aliphatic carbocycles. The van der Waals surface area contributed by atoms with Gasteiger partial charge in [0.1, 0.15) is 0 Å². The van der Waals surface area contributed by atoms with Crippen molar-refractivity contribution in [3.05, 3.63) is 102 Å². The zero-order valence-electron chi connectivity index (χ0n) is 14.4. The molecule has 4 nitrogen and oxygen atoms in total. The van der Waals surface area contributed by atoms with Crippen molar-refractivity contribution in [2.75, 3.05) is 4.90 Å². The number of rotatable bonds is 3. The molecule has 0 N–H and O–H groups in total. The Morgan fingerprint density at radius 3 is 2.23 bits per heavy atom. The van der Waals surface area contributed by atoms with Gasteiger partial charge in [-0.05, 0) is 31.2 Å². The van der Waals surface area contributed by atoms with E-state index in [0.717, 1.165) is 11.3 Å².